The molecule has 1 aromatic heterocycles. The molecular formula is C17H31IN6. The van der Waals surface area contributed by atoms with E-state index in [0.29, 0.717) is 12.6 Å². The third kappa shape index (κ3) is 5.08. The van der Waals surface area contributed by atoms with Crippen LogP contribution in [-0.2, 0) is 13.6 Å². The van der Waals surface area contributed by atoms with E-state index in [9.17, 15) is 0 Å². The highest BCUT2D eigenvalue weighted by Gasteiger charge is 2.30. The van der Waals surface area contributed by atoms with Gasteiger partial charge < -0.3 is 10.6 Å². The Kier molecular flexibility index (Phi) is 7.80. The van der Waals surface area contributed by atoms with Crippen molar-refractivity contribution in [2.24, 2.45) is 12.0 Å². The maximum absolute atomic E-state index is 4.72. The lowest BCUT2D eigenvalue weighted by Crippen LogP contribution is -2.45. The average Bonchev–Trinajstić information content (AvgIpc) is 3.26. The molecule has 2 aliphatic rings. The minimum Gasteiger partial charge on any atom is -0.357 e. The van der Waals surface area contributed by atoms with Crippen molar-refractivity contribution in [2.75, 3.05) is 19.6 Å². The van der Waals surface area contributed by atoms with Gasteiger partial charge in [0.1, 0.15) is 0 Å². The fourth-order valence-corrected chi connectivity index (χ4v) is 3.74. The number of aromatic nitrogens is 2. The first-order valence-corrected chi connectivity index (χ1v) is 9.02. The van der Waals surface area contributed by atoms with Gasteiger partial charge in [-0.05, 0) is 32.3 Å². The van der Waals surface area contributed by atoms with Gasteiger partial charge in [0.15, 0.2) is 5.96 Å². The van der Waals surface area contributed by atoms with Crippen LogP contribution in [0.25, 0.3) is 0 Å². The second-order valence-corrected chi connectivity index (χ2v) is 6.70. The minimum absolute atomic E-state index is 0. The number of nitrogens with one attached hydrogen (secondary N) is 2. The zero-order valence-electron chi connectivity index (χ0n) is 14.9. The Morgan fingerprint density at radius 3 is 2.79 bits per heavy atom. The van der Waals surface area contributed by atoms with Crippen LogP contribution >= 0.6 is 24.0 Å². The van der Waals surface area contributed by atoms with Crippen LogP contribution in [0.5, 0.6) is 0 Å². The van der Waals surface area contributed by atoms with E-state index in [2.05, 4.69) is 27.6 Å². The minimum atomic E-state index is 0. The predicted molar refractivity (Wildman–Crippen MR) is 109 cm³/mol. The van der Waals surface area contributed by atoms with Crippen molar-refractivity contribution in [1.82, 2.24) is 25.3 Å². The van der Waals surface area contributed by atoms with E-state index in [0.717, 1.165) is 30.8 Å². The third-order valence-corrected chi connectivity index (χ3v) is 5.07. The molecule has 1 aliphatic carbocycles. The smallest absolute Gasteiger partial charge is 0.191 e. The topological polar surface area (TPSA) is 57.5 Å². The fourth-order valence-electron chi connectivity index (χ4n) is 3.74. The molecular weight excluding hydrogens is 415 g/mol. The highest BCUT2D eigenvalue weighted by molar-refractivity contribution is 14.0. The van der Waals surface area contributed by atoms with E-state index in [1.165, 1.54) is 38.6 Å². The number of likely N-dealkylation sites (tertiary alicyclic amines) is 1. The van der Waals surface area contributed by atoms with Gasteiger partial charge in [-0.25, -0.2) is 4.99 Å². The van der Waals surface area contributed by atoms with Crippen molar-refractivity contribution < 1.29 is 0 Å². The molecule has 7 heteroatoms. The van der Waals surface area contributed by atoms with Gasteiger partial charge in [-0.1, -0.05) is 12.8 Å². The fraction of sp³-hybridized carbons (Fsp3) is 0.765. The first-order valence-electron chi connectivity index (χ1n) is 9.02. The number of halogens is 1. The van der Waals surface area contributed by atoms with Gasteiger partial charge in [-0.15, -0.1) is 24.0 Å². The summed E-state index contributed by atoms with van der Waals surface area (Å²) in [5.74, 6) is 0.923. The number of rotatable bonds is 5. The maximum Gasteiger partial charge on any atom is 0.191 e. The van der Waals surface area contributed by atoms with Gasteiger partial charge in [0.25, 0.3) is 0 Å². The molecule has 2 N–H and O–H groups in total. The third-order valence-electron chi connectivity index (χ3n) is 5.07. The standard InChI is InChI=1S/C17H30N6.HI/c1-3-18-17(19-12-16-8-10-20-22(16)2)21-14-9-11-23(13-14)15-6-4-5-7-15;/h8,10,14-15H,3-7,9,11-13H2,1-2H3,(H2,18,19,21);1H. The van der Waals surface area contributed by atoms with E-state index in [1.54, 1.807) is 0 Å². The van der Waals surface area contributed by atoms with Gasteiger partial charge in [0.2, 0.25) is 0 Å². The summed E-state index contributed by atoms with van der Waals surface area (Å²) in [6.45, 7) is 6.03. The van der Waals surface area contributed by atoms with Crippen LogP contribution in [0.4, 0.5) is 0 Å². The van der Waals surface area contributed by atoms with Gasteiger partial charge in [0, 0.05) is 45.0 Å². The Morgan fingerprint density at radius 2 is 2.12 bits per heavy atom. The number of hydrogen-bond acceptors (Lipinski definition) is 3. The van der Waals surface area contributed by atoms with E-state index < -0.39 is 0 Å². The Hall–Kier alpha value is -0.830. The SMILES string of the molecule is CCNC(=NCc1ccnn1C)NC1CCN(C2CCCC2)C1.I. The Labute approximate surface area is 162 Å². The van der Waals surface area contributed by atoms with E-state index in [1.807, 2.05) is 24.0 Å². The lowest BCUT2D eigenvalue weighted by molar-refractivity contribution is 0.242. The number of nitrogens with zero attached hydrogens (tertiary/aromatic N) is 4. The van der Waals surface area contributed by atoms with Crippen molar-refractivity contribution in [2.45, 2.75) is 57.7 Å². The summed E-state index contributed by atoms with van der Waals surface area (Å²) >= 11 is 0. The molecule has 136 valence electrons. The molecule has 1 saturated carbocycles. The Balaban J connectivity index is 0.00000208. The zero-order valence-corrected chi connectivity index (χ0v) is 17.2. The molecule has 0 amide bonds. The molecule has 1 unspecified atom stereocenters. The number of aryl methyl sites for hydroxylation is 1. The normalized spacial score (nSPS) is 22.6. The number of aliphatic imine (C=N–C) groups is 1. The second-order valence-electron chi connectivity index (χ2n) is 6.70. The van der Waals surface area contributed by atoms with Gasteiger partial charge in [-0.2, -0.15) is 5.10 Å². The van der Waals surface area contributed by atoms with Crippen molar-refractivity contribution in [3.05, 3.63) is 18.0 Å². The molecule has 0 bridgehead atoms. The van der Waals surface area contributed by atoms with Crippen molar-refractivity contribution in [3.63, 3.8) is 0 Å². The van der Waals surface area contributed by atoms with E-state index in [4.69, 9.17) is 4.99 Å². The summed E-state index contributed by atoms with van der Waals surface area (Å²) in [7, 11) is 1.96. The van der Waals surface area contributed by atoms with Gasteiger partial charge >= 0.3 is 0 Å². The summed E-state index contributed by atoms with van der Waals surface area (Å²) in [6.07, 6.45) is 8.64. The predicted octanol–water partition coefficient (Wildman–Crippen LogP) is 2.11. The first kappa shape index (κ1) is 19.5. The van der Waals surface area contributed by atoms with Crippen LogP contribution in [0.2, 0.25) is 0 Å². The van der Waals surface area contributed by atoms with Crippen LogP contribution in [0, 0.1) is 0 Å². The molecule has 2 heterocycles. The monoisotopic (exact) mass is 446 g/mol. The molecule has 2 fully saturated rings. The quantitative estimate of drug-likeness (QED) is 0.414. The molecule has 1 aliphatic heterocycles. The lowest BCUT2D eigenvalue weighted by atomic mass is 10.2. The van der Waals surface area contributed by atoms with Crippen LogP contribution in [-0.4, -0.2) is 52.4 Å². The highest BCUT2D eigenvalue weighted by atomic mass is 127. The summed E-state index contributed by atoms with van der Waals surface area (Å²) < 4.78 is 1.88. The number of hydrogen-bond donors (Lipinski definition) is 2. The summed E-state index contributed by atoms with van der Waals surface area (Å²) in [5.41, 5.74) is 1.13. The molecule has 1 atom stereocenters. The van der Waals surface area contributed by atoms with Crippen LogP contribution in [0.1, 0.15) is 44.7 Å². The van der Waals surface area contributed by atoms with Crippen LogP contribution in [0.15, 0.2) is 17.3 Å². The molecule has 1 aromatic rings. The van der Waals surface area contributed by atoms with Crippen molar-refractivity contribution in [1.29, 1.82) is 0 Å². The zero-order chi connectivity index (χ0) is 16.1. The average molecular weight is 446 g/mol. The molecule has 6 nitrogen and oxygen atoms in total. The summed E-state index contributed by atoms with van der Waals surface area (Å²) in [4.78, 5) is 7.39. The second kappa shape index (κ2) is 9.60. The summed E-state index contributed by atoms with van der Waals surface area (Å²) in [6, 6.07) is 3.36. The van der Waals surface area contributed by atoms with Crippen LogP contribution in [0.3, 0.4) is 0 Å². The van der Waals surface area contributed by atoms with E-state index in [-0.39, 0.29) is 24.0 Å². The molecule has 0 radical (unpaired) electrons. The maximum atomic E-state index is 4.72. The largest absolute Gasteiger partial charge is 0.357 e. The first-order chi connectivity index (χ1) is 11.3. The molecule has 0 spiro atoms. The summed E-state index contributed by atoms with van der Waals surface area (Å²) in [5, 5.41) is 11.2. The van der Waals surface area contributed by atoms with Gasteiger partial charge in [0.05, 0.1) is 12.2 Å². The molecule has 0 aromatic carbocycles. The molecule has 3 rings (SSSR count). The van der Waals surface area contributed by atoms with Crippen molar-refractivity contribution >= 4 is 29.9 Å². The van der Waals surface area contributed by atoms with Crippen LogP contribution < -0.4 is 10.6 Å². The van der Waals surface area contributed by atoms with E-state index >= 15 is 0 Å². The Bertz CT molecular complexity index is 523. The lowest BCUT2D eigenvalue weighted by Gasteiger charge is -2.24. The Morgan fingerprint density at radius 1 is 1.33 bits per heavy atom. The number of guanidine groups is 1. The molecule has 1 saturated heterocycles. The van der Waals surface area contributed by atoms with Crippen molar-refractivity contribution in [3.8, 4) is 0 Å². The highest BCUT2D eigenvalue weighted by Crippen LogP contribution is 2.26. The van der Waals surface area contributed by atoms with Gasteiger partial charge in [-0.3, -0.25) is 9.58 Å². The molecule has 24 heavy (non-hydrogen) atoms.